The standard InChI is InChI=1S/C22H23N3O3S/c1-29-17-10-8-16(9-11-17)25-14-15(13-21(25)27)22(28)23-18-5-2-3-6-19(18)24-12-4-7-20(24)26/h2-3,5-6,8-11,15H,4,7,12-14H2,1H3,(H,23,28). The molecule has 2 heterocycles. The zero-order chi connectivity index (χ0) is 20.4. The molecule has 2 aromatic rings. The van der Waals surface area contributed by atoms with Gasteiger partial charge in [0.15, 0.2) is 0 Å². The molecule has 2 aliphatic rings. The number of carbonyl (C=O) groups is 3. The van der Waals surface area contributed by atoms with Crippen molar-refractivity contribution in [2.45, 2.75) is 24.2 Å². The molecule has 6 nitrogen and oxygen atoms in total. The van der Waals surface area contributed by atoms with Crippen molar-refractivity contribution in [3.05, 3.63) is 48.5 Å². The van der Waals surface area contributed by atoms with Crippen LogP contribution in [0.2, 0.25) is 0 Å². The summed E-state index contributed by atoms with van der Waals surface area (Å²) in [6, 6.07) is 15.1. The van der Waals surface area contributed by atoms with Crippen LogP contribution in [0.5, 0.6) is 0 Å². The van der Waals surface area contributed by atoms with E-state index in [0.29, 0.717) is 25.2 Å². The van der Waals surface area contributed by atoms with Gasteiger partial charge in [0.2, 0.25) is 17.7 Å². The number of thioether (sulfide) groups is 1. The minimum absolute atomic E-state index is 0.0509. The predicted molar refractivity (Wildman–Crippen MR) is 115 cm³/mol. The van der Waals surface area contributed by atoms with Crippen molar-refractivity contribution in [2.75, 3.05) is 34.5 Å². The van der Waals surface area contributed by atoms with Gasteiger partial charge in [-0.2, -0.15) is 0 Å². The summed E-state index contributed by atoms with van der Waals surface area (Å²) in [7, 11) is 0. The molecule has 1 atom stereocenters. The minimum Gasteiger partial charge on any atom is -0.324 e. The van der Waals surface area contributed by atoms with Crippen molar-refractivity contribution in [3.63, 3.8) is 0 Å². The van der Waals surface area contributed by atoms with Crippen LogP contribution < -0.4 is 15.1 Å². The molecule has 3 amide bonds. The van der Waals surface area contributed by atoms with Crippen LogP contribution in [0.1, 0.15) is 19.3 Å². The first kappa shape index (κ1) is 19.5. The van der Waals surface area contributed by atoms with Crippen LogP contribution in [-0.2, 0) is 14.4 Å². The van der Waals surface area contributed by atoms with E-state index in [1.165, 1.54) is 0 Å². The van der Waals surface area contributed by atoms with Crippen LogP contribution in [0.15, 0.2) is 53.4 Å². The highest BCUT2D eigenvalue weighted by Gasteiger charge is 2.35. The van der Waals surface area contributed by atoms with Gasteiger partial charge in [0.1, 0.15) is 0 Å². The van der Waals surface area contributed by atoms with E-state index in [2.05, 4.69) is 5.32 Å². The summed E-state index contributed by atoms with van der Waals surface area (Å²) >= 11 is 1.64. The second-order valence-electron chi connectivity index (χ2n) is 7.26. The molecule has 0 aliphatic carbocycles. The summed E-state index contributed by atoms with van der Waals surface area (Å²) in [5, 5.41) is 2.95. The molecule has 0 aromatic heterocycles. The Morgan fingerprint density at radius 1 is 1.03 bits per heavy atom. The Morgan fingerprint density at radius 3 is 2.48 bits per heavy atom. The molecule has 0 saturated carbocycles. The fourth-order valence-electron chi connectivity index (χ4n) is 3.85. The van der Waals surface area contributed by atoms with Gasteiger partial charge in [-0.15, -0.1) is 11.8 Å². The fourth-order valence-corrected chi connectivity index (χ4v) is 4.26. The second kappa shape index (κ2) is 8.29. The average molecular weight is 410 g/mol. The summed E-state index contributed by atoms with van der Waals surface area (Å²) < 4.78 is 0. The maximum atomic E-state index is 12.9. The van der Waals surface area contributed by atoms with Gasteiger partial charge >= 0.3 is 0 Å². The summed E-state index contributed by atoms with van der Waals surface area (Å²) in [4.78, 5) is 42.0. The third-order valence-electron chi connectivity index (χ3n) is 5.41. The van der Waals surface area contributed by atoms with Gasteiger partial charge in [-0.3, -0.25) is 14.4 Å². The molecule has 7 heteroatoms. The Balaban J connectivity index is 1.47. The van der Waals surface area contributed by atoms with E-state index in [1.54, 1.807) is 27.6 Å². The van der Waals surface area contributed by atoms with E-state index >= 15 is 0 Å². The molecule has 0 spiro atoms. The Bertz CT molecular complexity index is 945. The number of benzene rings is 2. The molecule has 2 aromatic carbocycles. The van der Waals surface area contributed by atoms with Crippen molar-refractivity contribution in [2.24, 2.45) is 5.92 Å². The third-order valence-corrected chi connectivity index (χ3v) is 6.15. The van der Waals surface area contributed by atoms with Gasteiger partial charge in [0, 0.05) is 36.5 Å². The van der Waals surface area contributed by atoms with Crippen molar-refractivity contribution < 1.29 is 14.4 Å². The summed E-state index contributed by atoms with van der Waals surface area (Å²) in [5.74, 6) is -0.599. The van der Waals surface area contributed by atoms with E-state index in [-0.39, 0.29) is 24.1 Å². The number of nitrogens with one attached hydrogen (secondary N) is 1. The van der Waals surface area contributed by atoms with Crippen molar-refractivity contribution in [3.8, 4) is 0 Å². The quantitative estimate of drug-likeness (QED) is 0.767. The highest BCUT2D eigenvalue weighted by Crippen LogP contribution is 2.31. The smallest absolute Gasteiger partial charge is 0.229 e. The number of para-hydroxylation sites is 2. The number of anilines is 3. The molecular weight excluding hydrogens is 386 g/mol. The van der Waals surface area contributed by atoms with Crippen LogP contribution in [-0.4, -0.2) is 37.1 Å². The van der Waals surface area contributed by atoms with Crippen LogP contribution in [0, 0.1) is 5.92 Å². The lowest BCUT2D eigenvalue weighted by Crippen LogP contribution is -2.29. The van der Waals surface area contributed by atoms with Gasteiger partial charge in [0.25, 0.3) is 0 Å². The van der Waals surface area contributed by atoms with Gasteiger partial charge < -0.3 is 15.1 Å². The zero-order valence-corrected chi connectivity index (χ0v) is 17.1. The van der Waals surface area contributed by atoms with E-state index in [9.17, 15) is 14.4 Å². The Kier molecular flexibility index (Phi) is 5.58. The summed E-state index contributed by atoms with van der Waals surface area (Å²) in [5.41, 5.74) is 2.14. The molecule has 2 saturated heterocycles. The van der Waals surface area contributed by atoms with Crippen LogP contribution in [0.3, 0.4) is 0 Å². The molecule has 1 N–H and O–H groups in total. The average Bonchev–Trinajstić information content (AvgIpc) is 3.34. The van der Waals surface area contributed by atoms with Crippen molar-refractivity contribution in [1.82, 2.24) is 0 Å². The van der Waals surface area contributed by atoms with Gasteiger partial charge in [-0.05, 0) is 49.1 Å². The highest BCUT2D eigenvalue weighted by molar-refractivity contribution is 7.98. The summed E-state index contributed by atoms with van der Waals surface area (Å²) in [6.07, 6.45) is 3.54. The number of carbonyl (C=O) groups excluding carboxylic acids is 3. The number of hydrogen-bond donors (Lipinski definition) is 1. The summed E-state index contributed by atoms with van der Waals surface area (Å²) in [6.45, 7) is 1.02. The molecule has 4 rings (SSSR count). The first-order valence-electron chi connectivity index (χ1n) is 9.71. The van der Waals surface area contributed by atoms with Crippen molar-refractivity contribution in [1.29, 1.82) is 0 Å². The van der Waals surface area contributed by atoms with Gasteiger partial charge in [-0.1, -0.05) is 12.1 Å². The molecule has 0 radical (unpaired) electrons. The molecule has 29 heavy (non-hydrogen) atoms. The maximum absolute atomic E-state index is 12.9. The molecular formula is C22H23N3O3S. The van der Waals surface area contributed by atoms with E-state index in [4.69, 9.17) is 0 Å². The molecule has 1 unspecified atom stereocenters. The van der Waals surface area contributed by atoms with E-state index in [1.807, 2.05) is 48.7 Å². The SMILES string of the molecule is CSc1ccc(N2CC(C(=O)Nc3ccccc3N3CCCC3=O)CC2=O)cc1. The largest absolute Gasteiger partial charge is 0.324 e. The van der Waals surface area contributed by atoms with Crippen LogP contribution >= 0.6 is 11.8 Å². The van der Waals surface area contributed by atoms with E-state index < -0.39 is 5.92 Å². The first-order chi connectivity index (χ1) is 14.1. The Hall–Kier alpha value is -2.80. The van der Waals surface area contributed by atoms with Gasteiger partial charge in [0.05, 0.1) is 17.3 Å². The number of amides is 3. The molecule has 0 bridgehead atoms. The molecule has 2 aliphatic heterocycles. The van der Waals surface area contributed by atoms with E-state index in [0.717, 1.165) is 22.7 Å². The molecule has 2 fully saturated rings. The Labute approximate surface area is 174 Å². The number of hydrogen-bond acceptors (Lipinski definition) is 4. The fraction of sp³-hybridized carbons (Fsp3) is 0.318. The monoisotopic (exact) mass is 409 g/mol. The molecule has 150 valence electrons. The van der Waals surface area contributed by atoms with Crippen molar-refractivity contribution >= 4 is 46.5 Å². The second-order valence-corrected chi connectivity index (χ2v) is 8.14. The van der Waals surface area contributed by atoms with Crippen LogP contribution in [0.25, 0.3) is 0 Å². The van der Waals surface area contributed by atoms with Gasteiger partial charge in [-0.25, -0.2) is 0 Å². The number of nitrogens with zero attached hydrogens (tertiary/aromatic N) is 2. The lowest BCUT2D eigenvalue weighted by atomic mass is 10.1. The third kappa shape index (κ3) is 4.00. The lowest BCUT2D eigenvalue weighted by Gasteiger charge is -2.21. The first-order valence-corrected chi connectivity index (χ1v) is 10.9. The highest BCUT2D eigenvalue weighted by atomic mass is 32.2. The topological polar surface area (TPSA) is 69.7 Å². The number of rotatable bonds is 5. The predicted octanol–water partition coefficient (Wildman–Crippen LogP) is 3.53. The minimum atomic E-state index is -0.426. The van der Waals surface area contributed by atoms with Crippen LogP contribution in [0.4, 0.5) is 17.1 Å². The maximum Gasteiger partial charge on any atom is 0.229 e. The normalized spacial score (nSPS) is 19.1. The zero-order valence-electron chi connectivity index (χ0n) is 16.3. The lowest BCUT2D eigenvalue weighted by molar-refractivity contribution is -0.122. The Morgan fingerprint density at radius 2 is 1.79 bits per heavy atom.